The summed E-state index contributed by atoms with van der Waals surface area (Å²) < 4.78 is 19.3. The summed E-state index contributed by atoms with van der Waals surface area (Å²) in [4.78, 5) is 16.1. The Bertz CT molecular complexity index is 1190. The summed E-state index contributed by atoms with van der Waals surface area (Å²) in [7, 11) is 1.72. The lowest BCUT2D eigenvalue weighted by Gasteiger charge is -2.42. The first-order valence-electron chi connectivity index (χ1n) is 12.7. The lowest BCUT2D eigenvalue weighted by molar-refractivity contribution is 0.132. The van der Waals surface area contributed by atoms with Crippen LogP contribution in [0.25, 0.3) is 5.70 Å². The Morgan fingerprint density at radius 3 is 2.81 bits per heavy atom. The van der Waals surface area contributed by atoms with E-state index in [1.54, 1.807) is 32.4 Å². The molecule has 0 radical (unpaired) electrons. The standard InChI is InChI=1S/C28H36ClFN6O/c1-19-15-22(9-10-25(19)30)26(31)16-27(33-21(3)36-12-6-7-23(36)18-37-4)35-14-13-34(17-20(35)2)28-24(29)8-5-11-32-28/h5,8-11,15-16,20,23H,3,6-7,12-14,17-18,31H2,1-2,4H3/b26-16-,33-27?/t20-,23-/m1/s1. The zero-order valence-electron chi connectivity index (χ0n) is 21.8. The highest BCUT2D eigenvalue weighted by molar-refractivity contribution is 6.32. The highest BCUT2D eigenvalue weighted by Gasteiger charge is 2.29. The number of rotatable bonds is 7. The fourth-order valence-corrected chi connectivity index (χ4v) is 5.31. The first kappa shape index (κ1) is 26.9. The van der Waals surface area contributed by atoms with Crippen LogP contribution >= 0.6 is 11.6 Å². The lowest BCUT2D eigenvalue weighted by atomic mass is 10.1. The number of methoxy groups -OCH3 is 1. The van der Waals surface area contributed by atoms with Gasteiger partial charge in [0.15, 0.2) is 0 Å². The maximum atomic E-state index is 13.9. The number of amidine groups is 1. The Morgan fingerprint density at radius 2 is 2.11 bits per heavy atom. The van der Waals surface area contributed by atoms with Crippen LogP contribution in [0.2, 0.25) is 5.02 Å². The van der Waals surface area contributed by atoms with Gasteiger partial charge in [-0.2, -0.15) is 0 Å². The van der Waals surface area contributed by atoms with Gasteiger partial charge in [0.2, 0.25) is 0 Å². The van der Waals surface area contributed by atoms with Crippen LogP contribution in [0.4, 0.5) is 10.2 Å². The van der Waals surface area contributed by atoms with Crippen LogP contribution in [0.1, 0.15) is 30.9 Å². The summed E-state index contributed by atoms with van der Waals surface area (Å²) in [5.41, 5.74) is 8.36. The number of hydrogen-bond acceptors (Lipinski definition) is 6. The third-order valence-corrected chi connectivity index (χ3v) is 7.34. The normalized spacial score (nSPS) is 21.1. The molecule has 2 aromatic rings. The Balaban J connectivity index is 1.64. The van der Waals surface area contributed by atoms with Crippen LogP contribution in [0.15, 0.2) is 60.0 Å². The molecule has 2 fully saturated rings. The second kappa shape index (κ2) is 12.0. The molecule has 2 aliphatic rings. The van der Waals surface area contributed by atoms with Gasteiger partial charge in [0.05, 0.1) is 17.7 Å². The second-order valence-corrected chi connectivity index (χ2v) is 10.1. The van der Waals surface area contributed by atoms with Crippen molar-refractivity contribution >= 4 is 29.0 Å². The van der Waals surface area contributed by atoms with Crippen molar-refractivity contribution in [2.24, 2.45) is 10.7 Å². The summed E-state index contributed by atoms with van der Waals surface area (Å²) in [5.74, 6) is 1.95. The van der Waals surface area contributed by atoms with Gasteiger partial charge in [-0.05, 0) is 68.1 Å². The number of aliphatic imine (C=N–C) groups is 1. The van der Waals surface area contributed by atoms with E-state index in [-0.39, 0.29) is 17.9 Å². The Labute approximate surface area is 224 Å². The molecule has 37 heavy (non-hydrogen) atoms. The molecule has 0 spiro atoms. The molecule has 0 aliphatic carbocycles. The van der Waals surface area contributed by atoms with Gasteiger partial charge >= 0.3 is 0 Å². The number of nitrogens with zero attached hydrogens (tertiary/aromatic N) is 5. The van der Waals surface area contributed by atoms with E-state index in [4.69, 9.17) is 27.1 Å². The smallest absolute Gasteiger partial charge is 0.147 e. The molecule has 3 heterocycles. The van der Waals surface area contributed by atoms with E-state index >= 15 is 0 Å². The van der Waals surface area contributed by atoms with Crippen molar-refractivity contribution in [2.75, 3.05) is 44.8 Å². The molecular formula is C28H36ClFN6O. The van der Waals surface area contributed by atoms with E-state index in [1.807, 2.05) is 18.2 Å². The molecule has 198 valence electrons. The molecule has 9 heteroatoms. The highest BCUT2D eigenvalue weighted by Crippen LogP contribution is 2.27. The quantitative estimate of drug-likeness (QED) is 0.417. The predicted molar refractivity (Wildman–Crippen MR) is 149 cm³/mol. The number of ether oxygens (including phenoxy) is 1. The summed E-state index contributed by atoms with van der Waals surface area (Å²) in [5, 5.41) is 0.638. The molecule has 0 amide bonds. The summed E-state index contributed by atoms with van der Waals surface area (Å²) >= 11 is 6.42. The topological polar surface area (TPSA) is 70.2 Å². The van der Waals surface area contributed by atoms with Gasteiger partial charge in [0.25, 0.3) is 0 Å². The molecule has 4 rings (SSSR count). The molecule has 1 aromatic heterocycles. The first-order valence-corrected chi connectivity index (χ1v) is 13.0. The Kier molecular flexibility index (Phi) is 8.71. The van der Waals surface area contributed by atoms with Crippen molar-refractivity contribution in [3.8, 4) is 0 Å². The number of piperazine rings is 1. The minimum atomic E-state index is -0.255. The van der Waals surface area contributed by atoms with Crippen LogP contribution in [0.5, 0.6) is 0 Å². The summed E-state index contributed by atoms with van der Waals surface area (Å²) in [6.07, 6.45) is 5.75. The Hall–Kier alpha value is -3.10. The third kappa shape index (κ3) is 6.25. The first-order chi connectivity index (χ1) is 17.8. The molecule has 2 aliphatic heterocycles. The lowest BCUT2D eigenvalue weighted by Crippen LogP contribution is -2.54. The minimum Gasteiger partial charge on any atom is -0.398 e. The van der Waals surface area contributed by atoms with Gasteiger partial charge in [-0.25, -0.2) is 14.4 Å². The third-order valence-electron chi connectivity index (χ3n) is 7.05. The molecular weight excluding hydrogens is 491 g/mol. The van der Waals surface area contributed by atoms with Crippen molar-refractivity contribution in [1.29, 1.82) is 0 Å². The average molecular weight is 527 g/mol. The van der Waals surface area contributed by atoms with Crippen LogP contribution in [-0.4, -0.2) is 72.6 Å². The number of nitrogens with two attached hydrogens (primary N) is 1. The number of anilines is 1. The fraction of sp³-hybridized carbons (Fsp3) is 0.429. The monoisotopic (exact) mass is 526 g/mol. The number of likely N-dealkylation sites (tertiary alicyclic amines) is 1. The van der Waals surface area contributed by atoms with Crippen LogP contribution in [-0.2, 0) is 4.74 Å². The number of aromatic nitrogens is 1. The van der Waals surface area contributed by atoms with Crippen molar-refractivity contribution < 1.29 is 9.13 Å². The number of halogens is 2. The molecule has 7 nitrogen and oxygen atoms in total. The van der Waals surface area contributed by atoms with E-state index < -0.39 is 0 Å². The second-order valence-electron chi connectivity index (χ2n) is 9.69. The van der Waals surface area contributed by atoms with Crippen molar-refractivity contribution in [2.45, 2.75) is 38.8 Å². The molecule has 2 N–H and O–H groups in total. The zero-order valence-corrected chi connectivity index (χ0v) is 22.6. The maximum absolute atomic E-state index is 13.9. The highest BCUT2D eigenvalue weighted by atomic mass is 35.5. The summed E-state index contributed by atoms with van der Waals surface area (Å²) in [6, 6.07) is 8.95. The molecule has 2 saturated heterocycles. The SMILES string of the molecule is C=C(N=C(/C=C(\N)c1ccc(F)c(C)c1)N1CCN(c2ncccc2Cl)C[C@H]1C)N1CCC[C@@H]1COC. The molecule has 0 unspecified atom stereocenters. The number of benzene rings is 1. The van der Waals surface area contributed by atoms with E-state index in [0.29, 0.717) is 35.3 Å². The van der Waals surface area contributed by atoms with Gasteiger partial charge in [-0.1, -0.05) is 18.2 Å². The van der Waals surface area contributed by atoms with E-state index in [1.165, 1.54) is 6.07 Å². The van der Waals surface area contributed by atoms with E-state index in [9.17, 15) is 4.39 Å². The van der Waals surface area contributed by atoms with Crippen molar-refractivity contribution in [1.82, 2.24) is 14.8 Å². The molecule has 0 saturated carbocycles. The van der Waals surface area contributed by atoms with Gasteiger partial charge in [-0.15, -0.1) is 0 Å². The Morgan fingerprint density at radius 1 is 1.30 bits per heavy atom. The van der Waals surface area contributed by atoms with Crippen molar-refractivity contribution in [3.05, 3.63) is 77.0 Å². The largest absolute Gasteiger partial charge is 0.398 e. The average Bonchev–Trinajstić information content (AvgIpc) is 3.34. The molecule has 1 aromatic carbocycles. The van der Waals surface area contributed by atoms with E-state index in [0.717, 1.165) is 49.7 Å². The van der Waals surface area contributed by atoms with Gasteiger partial charge in [-0.3, -0.25) is 0 Å². The fourth-order valence-electron chi connectivity index (χ4n) is 5.06. The molecule has 0 bridgehead atoms. The minimum absolute atomic E-state index is 0.103. The maximum Gasteiger partial charge on any atom is 0.147 e. The summed E-state index contributed by atoms with van der Waals surface area (Å²) in [6.45, 7) is 11.9. The van der Waals surface area contributed by atoms with Crippen LogP contribution in [0, 0.1) is 12.7 Å². The van der Waals surface area contributed by atoms with Crippen LogP contribution < -0.4 is 10.6 Å². The molecule has 2 atom stereocenters. The number of pyridine rings is 1. The van der Waals surface area contributed by atoms with Crippen LogP contribution in [0.3, 0.4) is 0 Å². The van der Waals surface area contributed by atoms with Gasteiger partial charge in [0.1, 0.15) is 23.3 Å². The van der Waals surface area contributed by atoms with Gasteiger partial charge < -0.3 is 25.2 Å². The van der Waals surface area contributed by atoms with E-state index in [2.05, 4.69) is 33.2 Å². The number of hydrogen-bond donors (Lipinski definition) is 1. The van der Waals surface area contributed by atoms with Crippen molar-refractivity contribution in [3.63, 3.8) is 0 Å². The number of aryl methyl sites for hydroxylation is 1. The van der Waals surface area contributed by atoms with Gasteiger partial charge in [0, 0.05) is 57.3 Å². The predicted octanol–water partition coefficient (Wildman–Crippen LogP) is 4.67. The zero-order chi connectivity index (χ0) is 26.5.